The highest BCUT2D eigenvalue weighted by molar-refractivity contribution is 7.71. The fourth-order valence-electron chi connectivity index (χ4n) is 2.37. The molecule has 0 aliphatic carbocycles. The Morgan fingerprint density at radius 3 is 2.63 bits per heavy atom. The van der Waals surface area contributed by atoms with Crippen molar-refractivity contribution < 1.29 is 13.9 Å². The van der Waals surface area contributed by atoms with E-state index in [-0.39, 0.29) is 5.82 Å². The van der Waals surface area contributed by atoms with Crippen LogP contribution in [0, 0.1) is 17.5 Å². The molecule has 0 saturated carbocycles. The molecule has 0 fully saturated rings. The molecule has 0 saturated heterocycles. The Hall–Kier alpha value is -3.00. The van der Waals surface area contributed by atoms with Gasteiger partial charge in [-0.1, -0.05) is 12.1 Å². The first-order chi connectivity index (χ1) is 13.1. The molecular formula is C19H19FN4O2S. The summed E-state index contributed by atoms with van der Waals surface area (Å²) in [5.41, 5.74) is 1.70. The summed E-state index contributed by atoms with van der Waals surface area (Å²) in [4.78, 5) is 0. The van der Waals surface area contributed by atoms with Crippen LogP contribution in [0.25, 0.3) is 0 Å². The normalized spacial score (nSPS) is 11.1. The fourth-order valence-corrected chi connectivity index (χ4v) is 2.59. The van der Waals surface area contributed by atoms with E-state index in [0.29, 0.717) is 35.3 Å². The lowest BCUT2D eigenvalue weighted by Crippen LogP contribution is -2.01. The highest BCUT2D eigenvalue weighted by atomic mass is 32.1. The van der Waals surface area contributed by atoms with Crippen molar-refractivity contribution in [3.63, 3.8) is 0 Å². The van der Waals surface area contributed by atoms with Gasteiger partial charge in [-0.15, -0.1) is 0 Å². The summed E-state index contributed by atoms with van der Waals surface area (Å²) in [5, 5.41) is 11.0. The second kappa shape index (κ2) is 8.59. The predicted octanol–water partition coefficient (Wildman–Crippen LogP) is 4.25. The van der Waals surface area contributed by atoms with E-state index in [2.05, 4.69) is 15.3 Å². The maximum absolute atomic E-state index is 13.0. The number of aryl methyl sites for hydroxylation is 1. The molecule has 0 amide bonds. The van der Waals surface area contributed by atoms with Crippen LogP contribution in [0.4, 0.5) is 4.39 Å². The lowest BCUT2D eigenvalue weighted by molar-refractivity contribution is 0.269. The maximum atomic E-state index is 13.0. The van der Waals surface area contributed by atoms with E-state index in [1.807, 2.05) is 32.0 Å². The van der Waals surface area contributed by atoms with Crippen LogP contribution >= 0.6 is 12.2 Å². The third kappa shape index (κ3) is 4.79. The van der Waals surface area contributed by atoms with Crippen LogP contribution < -0.4 is 9.47 Å². The highest BCUT2D eigenvalue weighted by Gasteiger charge is 2.07. The van der Waals surface area contributed by atoms with Crippen molar-refractivity contribution in [3.05, 3.63) is 70.0 Å². The zero-order chi connectivity index (χ0) is 19.2. The van der Waals surface area contributed by atoms with Crippen LogP contribution in [0.15, 0.2) is 47.6 Å². The van der Waals surface area contributed by atoms with Gasteiger partial charge in [0.1, 0.15) is 18.2 Å². The Labute approximate surface area is 161 Å². The Morgan fingerprint density at radius 1 is 1.19 bits per heavy atom. The number of rotatable bonds is 7. The molecule has 27 heavy (non-hydrogen) atoms. The van der Waals surface area contributed by atoms with E-state index >= 15 is 0 Å². The number of ether oxygens (including phenoxy) is 2. The molecule has 0 radical (unpaired) electrons. The molecule has 0 aliphatic heterocycles. The highest BCUT2D eigenvalue weighted by Crippen LogP contribution is 2.29. The van der Waals surface area contributed by atoms with E-state index in [1.54, 1.807) is 18.3 Å². The molecule has 1 N–H and O–H groups in total. The van der Waals surface area contributed by atoms with E-state index in [1.165, 1.54) is 16.8 Å². The number of nitrogens with one attached hydrogen (secondary N) is 1. The first-order valence-corrected chi connectivity index (χ1v) is 8.80. The van der Waals surface area contributed by atoms with Crippen LogP contribution in [0.3, 0.4) is 0 Å². The predicted molar refractivity (Wildman–Crippen MR) is 103 cm³/mol. The lowest BCUT2D eigenvalue weighted by Gasteiger charge is -2.12. The first kappa shape index (κ1) is 18.8. The SMILES string of the molecule is CCOc1cc(/C=N\n2c(C)n[nH]c2=S)ccc1OCc1ccc(F)cc1. The van der Waals surface area contributed by atoms with Crippen molar-refractivity contribution in [2.45, 2.75) is 20.5 Å². The second-order valence-electron chi connectivity index (χ2n) is 5.69. The monoisotopic (exact) mass is 386 g/mol. The summed E-state index contributed by atoms with van der Waals surface area (Å²) in [6, 6.07) is 11.7. The molecule has 0 atom stereocenters. The van der Waals surface area contributed by atoms with E-state index in [4.69, 9.17) is 21.7 Å². The second-order valence-corrected chi connectivity index (χ2v) is 6.07. The maximum Gasteiger partial charge on any atom is 0.216 e. The molecule has 8 heteroatoms. The average molecular weight is 386 g/mol. The standard InChI is InChI=1S/C19H19FN4O2S/c1-3-25-18-10-15(11-21-24-13(2)22-23-19(24)27)6-9-17(18)26-12-14-4-7-16(20)8-5-14/h4-11H,3,12H2,1-2H3,(H,23,27)/b21-11-. The summed E-state index contributed by atoms with van der Waals surface area (Å²) >= 11 is 5.13. The van der Waals surface area contributed by atoms with E-state index in [9.17, 15) is 4.39 Å². The molecule has 1 aromatic heterocycles. The molecule has 3 aromatic rings. The molecular weight excluding hydrogens is 367 g/mol. The number of aromatic nitrogens is 3. The minimum Gasteiger partial charge on any atom is -0.490 e. The number of halogens is 1. The molecule has 0 aliphatic rings. The van der Waals surface area contributed by atoms with Gasteiger partial charge in [-0.2, -0.15) is 14.9 Å². The molecule has 6 nitrogen and oxygen atoms in total. The summed E-state index contributed by atoms with van der Waals surface area (Å²) in [7, 11) is 0. The molecule has 0 bridgehead atoms. The van der Waals surface area contributed by atoms with E-state index in [0.717, 1.165) is 11.1 Å². The van der Waals surface area contributed by atoms with Crippen molar-refractivity contribution in [2.24, 2.45) is 5.10 Å². The quantitative estimate of drug-likeness (QED) is 0.487. The molecule has 0 spiro atoms. The Balaban J connectivity index is 1.77. The lowest BCUT2D eigenvalue weighted by atomic mass is 10.2. The van der Waals surface area contributed by atoms with Gasteiger partial charge in [0, 0.05) is 0 Å². The minimum absolute atomic E-state index is 0.273. The van der Waals surface area contributed by atoms with Gasteiger partial charge in [0.15, 0.2) is 11.5 Å². The Bertz CT molecular complexity index is 996. The molecule has 140 valence electrons. The molecule has 1 heterocycles. The summed E-state index contributed by atoms with van der Waals surface area (Å²) in [6.45, 7) is 4.52. The average Bonchev–Trinajstić information content (AvgIpc) is 2.99. The van der Waals surface area contributed by atoms with Crippen molar-refractivity contribution >= 4 is 18.4 Å². The van der Waals surface area contributed by atoms with Gasteiger partial charge in [0.05, 0.1) is 12.8 Å². The third-order valence-corrected chi connectivity index (χ3v) is 3.97. The molecule has 3 rings (SSSR count). The number of nitrogens with zero attached hydrogens (tertiary/aromatic N) is 3. The van der Waals surface area contributed by atoms with Crippen LogP contribution in [0.5, 0.6) is 11.5 Å². The van der Waals surface area contributed by atoms with Crippen molar-refractivity contribution in [1.82, 2.24) is 14.9 Å². The number of aromatic amines is 1. The zero-order valence-electron chi connectivity index (χ0n) is 15.0. The van der Waals surface area contributed by atoms with Crippen LogP contribution in [0.1, 0.15) is 23.9 Å². The van der Waals surface area contributed by atoms with Crippen LogP contribution in [-0.2, 0) is 6.61 Å². The van der Waals surface area contributed by atoms with Crippen LogP contribution in [0.2, 0.25) is 0 Å². The van der Waals surface area contributed by atoms with Gasteiger partial charge in [0.2, 0.25) is 4.77 Å². The van der Waals surface area contributed by atoms with Gasteiger partial charge in [-0.25, -0.2) is 4.39 Å². The summed E-state index contributed by atoms with van der Waals surface area (Å²) < 4.78 is 26.5. The summed E-state index contributed by atoms with van der Waals surface area (Å²) in [6.07, 6.45) is 1.67. The summed E-state index contributed by atoms with van der Waals surface area (Å²) in [5.74, 6) is 1.61. The number of hydrogen-bond donors (Lipinski definition) is 1. The van der Waals surface area contributed by atoms with Gasteiger partial charge in [0.25, 0.3) is 0 Å². The van der Waals surface area contributed by atoms with Crippen molar-refractivity contribution in [2.75, 3.05) is 6.61 Å². The van der Waals surface area contributed by atoms with Gasteiger partial charge >= 0.3 is 0 Å². The Kier molecular flexibility index (Phi) is 5.97. The van der Waals surface area contributed by atoms with E-state index < -0.39 is 0 Å². The number of H-pyrrole nitrogens is 1. The first-order valence-electron chi connectivity index (χ1n) is 8.39. The van der Waals surface area contributed by atoms with Gasteiger partial charge < -0.3 is 9.47 Å². The molecule has 0 unspecified atom stereocenters. The largest absolute Gasteiger partial charge is 0.490 e. The number of benzene rings is 2. The molecule has 2 aromatic carbocycles. The fraction of sp³-hybridized carbons (Fsp3) is 0.211. The zero-order valence-corrected chi connectivity index (χ0v) is 15.8. The minimum atomic E-state index is -0.273. The van der Waals surface area contributed by atoms with Gasteiger partial charge in [-0.05, 0) is 67.5 Å². The van der Waals surface area contributed by atoms with Gasteiger partial charge in [-0.3, -0.25) is 5.10 Å². The Morgan fingerprint density at radius 2 is 1.96 bits per heavy atom. The van der Waals surface area contributed by atoms with Crippen molar-refractivity contribution in [1.29, 1.82) is 0 Å². The van der Waals surface area contributed by atoms with Crippen molar-refractivity contribution in [3.8, 4) is 11.5 Å². The van der Waals surface area contributed by atoms with Crippen LogP contribution in [-0.4, -0.2) is 27.7 Å². The number of hydrogen-bond acceptors (Lipinski definition) is 5. The third-order valence-electron chi connectivity index (χ3n) is 3.71. The smallest absolute Gasteiger partial charge is 0.216 e. The topological polar surface area (TPSA) is 64.4 Å².